The molecule has 0 saturated carbocycles. The Labute approximate surface area is 115 Å². The number of benzene rings is 1. The minimum atomic E-state index is -0.328. The van der Waals surface area contributed by atoms with Gasteiger partial charge >= 0.3 is 5.97 Å². The van der Waals surface area contributed by atoms with Gasteiger partial charge in [-0.3, -0.25) is 0 Å². The molecule has 102 valence electrons. The lowest BCUT2D eigenvalue weighted by atomic mass is 10.2. The van der Waals surface area contributed by atoms with Crippen LogP contribution < -0.4 is 0 Å². The third-order valence-electron chi connectivity index (χ3n) is 3.05. The van der Waals surface area contributed by atoms with Gasteiger partial charge in [0.2, 0.25) is 0 Å². The topological polar surface area (TPSA) is 72.8 Å². The van der Waals surface area contributed by atoms with Gasteiger partial charge < -0.3 is 14.3 Å². The summed E-state index contributed by atoms with van der Waals surface area (Å²) in [5.74, 6) is 0.395. The fraction of sp³-hybridized carbons (Fsp3) is 0.214. The summed E-state index contributed by atoms with van der Waals surface area (Å²) in [7, 11) is 1.90. The summed E-state index contributed by atoms with van der Waals surface area (Å²) in [6.07, 6.45) is 3.45. The van der Waals surface area contributed by atoms with E-state index in [1.165, 1.54) is 0 Å². The van der Waals surface area contributed by atoms with Crippen molar-refractivity contribution in [2.75, 3.05) is 6.61 Å². The lowest BCUT2D eigenvalue weighted by molar-refractivity contribution is 0.0526. The molecule has 3 aromatic rings. The number of carbonyl (C=O) groups excluding carboxylic acids is 1. The molecular formula is C14H14N4O2. The van der Waals surface area contributed by atoms with E-state index in [1.807, 2.05) is 11.6 Å². The highest BCUT2D eigenvalue weighted by Gasteiger charge is 2.11. The van der Waals surface area contributed by atoms with Crippen molar-refractivity contribution in [1.82, 2.24) is 19.5 Å². The van der Waals surface area contributed by atoms with Crippen molar-refractivity contribution >= 4 is 17.0 Å². The van der Waals surface area contributed by atoms with E-state index in [-0.39, 0.29) is 5.97 Å². The second-order valence-electron chi connectivity index (χ2n) is 4.43. The Bertz CT molecular complexity index is 772. The van der Waals surface area contributed by atoms with Gasteiger partial charge in [-0.25, -0.2) is 14.8 Å². The van der Waals surface area contributed by atoms with Crippen LogP contribution in [0.2, 0.25) is 0 Å². The van der Waals surface area contributed by atoms with Crippen LogP contribution in [0.15, 0.2) is 30.7 Å². The second kappa shape index (κ2) is 4.80. The molecule has 2 aromatic heterocycles. The van der Waals surface area contributed by atoms with Crippen LogP contribution in [-0.4, -0.2) is 32.1 Å². The van der Waals surface area contributed by atoms with Gasteiger partial charge in [0, 0.05) is 7.05 Å². The van der Waals surface area contributed by atoms with Gasteiger partial charge in [-0.1, -0.05) is 0 Å². The number of rotatable bonds is 3. The minimum absolute atomic E-state index is 0.328. The largest absolute Gasteiger partial charge is 0.462 e. The Morgan fingerprint density at radius 2 is 2.30 bits per heavy atom. The van der Waals surface area contributed by atoms with Crippen molar-refractivity contribution in [2.24, 2.45) is 7.05 Å². The molecule has 1 aromatic carbocycles. The van der Waals surface area contributed by atoms with Crippen LogP contribution in [-0.2, 0) is 11.8 Å². The van der Waals surface area contributed by atoms with E-state index in [2.05, 4.69) is 15.0 Å². The highest BCUT2D eigenvalue weighted by Crippen LogP contribution is 2.20. The van der Waals surface area contributed by atoms with Crippen molar-refractivity contribution in [1.29, 1.82) is 0 Å². The first-order valence-corrected chi connectivity index (χ1v) is 6.32. The maximum Gasteiger partial charge on any atom is 0.338 e. The van der Waals surface area contributed by atoms with Crippen molar-refractivity contribution in [3.63, 3.8) is 0 Å². The van der Waals surface area contributed by atoms with Crippen molar-refractivity contribution in [2.45, 2.75) is 6.92 Å². The normalized spacial score (nSPS) is 10.9. The maximum absolute atomic E-state index is 11.7. The summed E-state index contributed by atoms with van der Waals surface area (Å²) >= 11 is 0. The monoisotopic (exact) mass is 270 g/mol. The number of H-pyrrole nitrogens is 1. The van der Waals surface area contributed by atoms with Gasteiger partial charge in [0.1, 0.15) is 5.69 Å². The lowest BCUT2D eigenvalue weighted by Crippen LogP contribution is -2.04. The van der Waals surface area contributed by atoms with Crippen molar-refractivity contribution < 1.29 is 9.53 Å². The Hall–Kier alpha value is -2.63. The summed E-state index contributed by atoms with van der Waals surface area (Å²) in [6.45, 7) is 2.15. The van der Waals surface area contributed by atoms with Crippen LogP contribution in [0.5, 0.6) is 0 Å². The number of nitrogens with zero attached hydrogens (tertiary/aromatic N) is 3. The smallest absolute Gasteiger partial charge is 0.338 e. The molecule has 20 heavy (non-hydrogen) atoms. The Morgan fingerprint density at radius 1 is 1.45 bits per heavy atom. The van der Waals surface area contributed by atoms with Crippen molar-refractivity contribution in [3.05, 3.63) is 36.3 Å². The van der Waals surface area contributed by atoms with Gasteiger partial charge in [-0.2, -0.15) is 0 Å². The average molecular weight is 270 g/mol. The molecule has 0 radical (unpaired) electrons. The number of esters is 1. The molecule has 0 aliphatic rings. The molecule has 1 N–H and O–H groups in total. The SMILES string of the molecule is CCOC(=O)c1ccc2nc(-c3cncn3C)[nH]c2c1. The first kappa shape index (κ1) is 12.4. The average Bonchev–Trinajstić information content (AvgIpc) is 3.03. The molecule has 0 spiro atoms. The molecule has 0 aliphatic carbocycles. The van der Waals surface area contributed by atoms with Crippen LogP contribution in [0, 0.1) is 0 Å². The third-order valence-corrected chi connectivity index (χ3v) is 3.05. The maximum atomic E-state index is 11.7. The summed E-state index contributed by atoms with van der Waals surface area (Å²) in [4.78, 5) is 23.5. The number of fused-ring (bicyclic) bond motifs is 1. The lowest BCUT2D eigenvalue weighted by Gasteiger charge is -2.00. The molecule has 0 aliphatic heterocycles. The number of imidazole rings is 2. The zero-order valence-electron chi connectivity index (χ0n) is 11.3. The van der Waals surface area contributed by atoms with Gasteiger partial charge in [0.25, 0.3) is 0 Å². The van der Waals surface area contributed by atoms with E-state index < -0.39 is 0 Å². The van der Waals surface area contributed by atoms with Crippen LogP contribution in [0.25, 0.3) is 22.6 Å². The molecular weight excluding hydrogens is 256 g/mol. The molecule has 0 unspecified atom stereocenters. The number of hydrogen-bond acceptors (Lipinski definition) is 4. The van der Waals surface area contributed by atoms with Gasteiger partial charge in [0.05, 0.1) is 35.7 Å². The second-order valence-corrected chi connectivity index (χ2v) is 4.43. The number of aryl methyl sites for hydroxylation is 1. The number of hydrogen-bond donors (Lipinski definition) is 1. The van der Waals surface area contributed by atoms with Crippen LogP contribution >= 0.6 is 0 Å². The van der Waals surface area contributed by atoms with Crippen LogP contribution in [0.3, 0.4) is 0 Å². The van der Waals surface area contributed by atoms with E-state index in [4.69, 9.17) is 4.74 Å². The Balaban J connectivity index is 2.04. The predicted octanol–water partition coefficient (Wildman–Crippen LogP) is 2.14. The summed E-state index contributed by atoms with van der Waals surface area (Å²) < 4.78 is 6.87. The van der Waals surface area contributed by atoms with E-state index >= 15 is 0 Å². The number of nitrogens with one attached hydrogen (secondary N) is 1. The van der Waals surface area contributed by atoms with Gasteiger partial charge in [-0.05, 0) is 25.1 Å². The Morgan fingerprint density at radius 3 is 3.00 bits per heavy atom. The first-order chi connectivity index (χ1) is 9.69. The van der Waals surface area contributed by atoms with Crippen molar-refractivity contribution in [3.8, 4) is 11.5 Å². The summed E-state index contributed by atoms with van der Waals surface area (Å²) in [6, 6.07) is 5.27. The van der Waals surface area contributed by atoms with Gasteiger partial charge in [0.15, 0.2) is 5.82 Å². The zero-order chi connectivity index (χ0) is 14.1. The van der Waals surface area contributed by atoms with E-state index in [0.717, 1.165) is 22.6 Å². The molecule has 0 saturated heterocycles. The number of aromatic nitrogens is 4. The molecule has 0 amide bonds. The van der Waals surface area contributed by atoms with Crippen LogP contribution in [0.4, 0.5) is 0 Å². The zero-order valence-corrected chi connectivity index (χ0v) is 11.3. The molecule has 0 fully saturated rings. The molecule has 2 heterocycles. The molecule has 3 rings (SSSR count). The van der Waals surface area contributed by atoms with Gasteiger partial charge in [-0.15, -0.1) is 0 Å². The quantitative estimate of drug-likeness (QED) is 0.740. The first-order valence-electron chi connectivity index (χ1n) is 6.32. The predicted molar refractivity (Wildman–Crippen MR) is 74.3 cm³/mol. The van der Waals surface area contributed by atoms with E-state index in [9.17, 15) is 4.79 Å². The van der Waals surface area contributed by atoms with E-state index in [0.29, 0.717) is 12.2 Å². The fourth-order valence-corrected chi connectivity index (χ4v) is 2.06. The van der Waals surface area contributed by atoms with Crippen LogP contribution in [0.1, 0.15) is 17.3 Å². The molecule has 0 atom stereocenters. The summed E-state index contributed by atoms with van der Waals surface area (Å²) in [5.41, 5.74) is 3.00. The number of aromatic amines is 1. The summed E-state index contributed by atoms with van der Waals surface area (Å²) in [5, 5.41) is 0. The molecule has 0 bridgehead atoms. The number of carbonyl (C=O) groups is 1. The number of ether oxygens (including phenoxy) is 1. The highest BCUT2D eigenvalue weighted by atomic mass is 16.5. The minimum Gasteiger partial charge on any atom is -0.462 e. The molecule has 6 nitrogen and oxygen atoms in total. The van der Waals surface area contributed by atoms with E-state index in [1.54, 1.807) is 37.6 Å². The fourth-order valence-electron chi connectivity index (χ4n) is 2.06. The molecule has 6 heteroatoms. The third kappa shape index (κ3) is 2.05. The standard InChI is InChI=1S/C14H14N4O2/c1-3-20-14(19)9-4-5-10-11(6-9)17-13(16-10)12-7-15-8-18(12)2/h4-8H,3H2,1-2H3,(H,16,17). The highest BCUT2D eigenvalue weighted by molar-refractivity contribution is 5.94. The Kier molecular flexibility index (Phi) is 2.98.